The van der Waals surface area contributed by atoms with Crippen molar-refractivity contribution in [3.05, 3.63) is 0 Å². The van der Waals surface area contributed by atoms with Crippen LogP contribution in [0.3, 0.4) is 0 Å². The van der Waals surface area contributed by atoms with Crippen molar-refractivity contribution < 1.29 is 32.8 Å². The lowest BCUT2D eigenvalue weighted by Gasteiger charge is -2.32. The molecule has 0 saturated carbocycles. The summed E-state index contributed by atoms with van der Waals surface area (Å²) in [7, 11) is -5.11. The molecule has 0 heterocycles. The number of hydrogen-bond acceptors (Lipinski definition) is 5. The number of rotatable bonds is 16. The lowest BCUT2D eigenvalue weighted by Crippen LogP contribution is -2.55. The van der Waals surface area contributed by atoms with Crippen molar-refractivity contribution in [3.8, 4) is 0 Å². The van der Waals surface area contributed by atoms with Gasteiger partial charge in [0.25, 0.3) is 10.1 Å². The summed E-state index contributed by atoms with van der Waals surface area (Å²) in [5.41, 5.74) is 0. The van der Waals surface area contributed by atoms with Crippen LogP contribution in [0, 0.1) is 17.8 Å². The molecule has 0 aliphatic carbocycles. The summed E-state index contributed by atoms with van der Waals surface area (Å²) in [6.07, 6.45) is 4.98. The summed E-state index contributed by atoms with van der Waals surface area (Å²) in [4.78, 5) is 23.8. The van der Waals surface area contributed by atoms with E-state index in [1.54, 1.807) is 0 Å². The molecule has 0 aliphatic heterocycles. The minimum atomic E-state index is -5.11. The predicted octanol–water partition coefficient (Wildman–Crippen LogP) is 4.77. The zero-order chi connectivity index (χ0) is 22.0. The normalized spacial score (nSPS) is 15.0. The minimum Gasteiger partial charge on any atom is -0.481 e. The molecule has 2 unspecified atom stereocenters. The van der Waals surface area contributed by atoms with Crippen LogP contribution >= 0.6 is 0 Å². The summed E-state index contributed by atoms with van der Waals surface area (Å²) < 4.78 is 31.3. The molecular formula is C20H41NO7S. The molecule has 0 bridgehead atoms. The second kappa shape index (κ2) is 13.9. The van der Waals surface area contributed by atoms with Gasteiger partial charge in [0.15, 0.2) is 0 Å². The van der Waals surface area contributed by atoms with Crippen LogP contribution in [0.5, 0.6) is 0 Å². The van der Waals surface area contributed by atoms with Crippen molar-refractivity contribution in [1.82, 2.24) is 6.15 Å². The molecule has 2 atom stereocenters. The van der Waals surface area contributed by atoms with Crippen molar-refractivity contribution >= 4 is 22.1 Å². The van der Waals surface area contributed by atoms with Crippen LogP contribution in [0.4, 0.5) is 0 Å². The minimum absolute atomic E-state index is 0. The van der Waals surface area contributed by atoms with Crippen LogP contribution in [0.15, 0.2) is 0 Å². The average molecular weight is 440 g/mol. The molecule has 174 valence electrons. The predicted molar refractivity (Wildman–Crippen MR) is 114 cm³/mol. The van der Waals surface area contributed by atoms with Gasteiger partial charge in [-0.25, -0.2) is 0 Å². The molecule has 0 radical (unpaired) electrons. The summed E-state index contributed by atoms with van der Waals surface area (Å²) in [5, 5.41) is 19.3. The molecule has 0 fully saturated rings. The number of carboxylic acid groups (broad SMARTS) is 2. The van der Waals surface area contributed by atoms with Gasteiger partial charge in [-0.1, -0.05) is 79.1 Å². The third kappa shape index (κ3) is 9.91. The van der Waals surface area contributed by atoms with Gasteiger partial charge in [-0.2, -0.15) is 8.42 Å². The summed E-state index contributed by atoms with van der Waals surface area (Å²) in [6, 6.07) is 0. The second-order valence-electron chi connectivity index (χ2n) is 8.59. The van der Waals surface area contributed by atoms with Gasteiger partial charge in [0, 0.05) is 0 Å². The van der Waals surface area contributed by atoms with Gasteiger partial charge in [-0.3, -0.25) is 14.1 Å². The van der Waals surface area contributed by atoms with Crippen LogP contribution in [-0.4, -0.2) is 39.9 Å². The Morgan fingerprint density at radius 1 is 0.793 bits per heavy atom. The Kier molecular flexibility index (Phi) is 14.4. The molecule has 29 heavy (non-hydrogen) atoms. The molecule has 0 saturated heterocycles. The molecule has 0 amide bonds. The number of carbonyl (C=O) groups is 2. The highest BCUT2D eigenvalue weighted by Gasteiger charge is 2.58. The quantitative estimate of drug-likeness (QED) is 0.197. The third-order valence-corrected chi connectivity index (χ3v) is 6.87. The molecule has 0 aromatic rings. The monoisotopic (exact) mass is 439 g/mol. The summed E-state index contributed by atoms with van der Waals surface area (Å²) in [5.74, 6) is -3.97. The van der Waals surface area contributed by atoms with Crippen LogP contribution < -0.4 is 6.15 Å². The molecular weight excluding hydrogens is 398 g/mol. The van der Waals surface area contributed by atoms with E-state index >= 15 is 0 Å². The van der Waals surface area contributed by atoms with Crippen molar-refractivity contribution in [2.24, 2.45) is 17.8 Å². The first-order chi connectivity index (χ1) is 12.9. The Morgan fingerprint density at radius 2 is 1.21 bits per heavy atom. The maximum absolute atomic E-state index is 12.1. The van der Waals surface area contributed by atoms with Gasteiger partial charge < -0.3 is 16.4 Å². The van der Waals surface area contributed by atoms with Crippen molar-refractivity contribution in [2.45, 2.75) is 96.7 Å². The van der Waals surface area contributed by atoms with E-state index in [2.05, 4.69) is 27.7 Å². The van der Waals surface area contributed by atoms with Crippen molar-refractivity contribution in [3.63, 3.8) is 0 Å². The van der Waals surface area contributed by atoms with E-state index in [1.165, 1.54) is 0 Å². The largest absolute Gasteiger partial charge is 0.481 e. The van der Waals surface area contributed by atoms with Crippen LogP contribution in [0.25, 0.3) is 0 Å². The van der Waals surface area contributed by atoms with Gasteiger partial charge >= 0.3 is 11.9 Å². The van der Waals surface area contributed by atoms with Gasteiger partial charge in [0.2, 0.25) is 4.75 Å². The summed E-state index contributed by atoms with van der Waals surface area (Å²) >= 11 is 0. The van der Waals surface area contributed by atoms with E-state index in [0.717, 1.165) is 25.7 Å². The maximum Gasteiger partial charge on any atom is 0.328 e. The van der Waals surface area contributed by atoms with E-state index in [1.807, 2.05) is 0 Å². The zero-order valence-corrected chi connectivity index (χ0v) is 19.2. The SMILES string of the molecule is CC(C)CCCCCC(C(=O)O)C(CCCCCC(C)C)(C(=O)O)S(=O)(=O)O.N. The first kappa shape index (κ1) is 30.0. The molecule has 0 aromatic carbocycles. The molecule has 0 rings (SSSR count). The van der Waals surface area contributed by atoms with Crippen LogP contribution in [0.2, 0.25) is 0 Å². The number of carboxylic acids is 2. The Labute approximate surface area is 175 Å². The smallest absolute Gasteiger partial charge is 0.328 e. The van der Waals surface area contributed by atoms with Gasteiger partial charge in [0.1, 0.15) is 0 Å². The maximum atomic E-state index is 12.1. The summed E-state index contributed by atoms with van der Waals surface area (Å²) in [6.45, 7) is 8.26. The Morgan fingerprint density at radius 3 is 1.55 bits per heavy atom. The van der Waals surface area contributed by atoms with E-state index in [4.69, 9.17) is 0 Å². The van der Waals surface area contributed by atoms with Crippen LogP contribution in [0.1, 0.15) is 91.9 Å². The van der Waals surface area contributed by atoms with E-state index in [9.17, 15) is 32.8 Å². The highest BCUT2D eigenvalue weighted by molar-refractivity contribution is 7.88. The standard InChI is InChI=1S/C20H38O7S.H3N/c1-15(2)11-7-5-9-13-17(18(21)22)20(19(23)24,28(25,26)27)14-10-6-8-12-16(3)4;/h15-17H,5-14H2,1-4H3,(H,21,22)(H,23,24)(H,25,26,27);1H3. The molecule has 9 heteroatoms. The first-order valence-corrected chi connectivity index (χ1v) is 11.7. The number of unbranched alkanes of at least 4 members (excludes halogenated alkanes) is 4. The highest BCUT2D eigenvalue weighted by atomic mass is 32.2. The van der Waals surface area contributed by atoms with E-state index in [-0.39, 0.29) is 19.0 Å². The van der Waals surface area contributed by atoms with Crippen molar-refractivity contribution in [1.29, 1.82) is 0 Å². The Bertz CT molecular complexity index is 590. The second-order valence-corrected chi connectivity index (χ2v) is 10.3. The van der Waals surface area contributed by atoms with Gasteiger partial charge in [-0.15, -0.1) is 0 Å². The zero-order valence-electron chi connectivity index (χ0n) is 18.4. The van der Waals surface area contributed by atoms with Gasteiger partial charge in [0.05, 0.1) is 5.92 Å². The number of hydrogen-bond donors (Lipinski definition) is 4. The fourth-order valence-electron chi connectivity index (χ4n) is 3.60. The molecule has 6 N–H and O–H groups in total. The molecule has 0 aliphatic rings. The average Bonchev–Trinajstić information content (AvgIpc) is 2.52. The number of aliphatic carboxylic acids is 2. The van der Waals surface area contributed by atoms with E-state index in [0.29, 0.717) is 31.1 Å². The molecule has 0 aromatic heterocycles. The lowest BCUT2D eigenvalue weighted by molar-refractivity contribution is -0.152. The molecule has 8 nitrogen and oxygen atoms in total. The Hall–Kier alpha value is -1.19. The van der Waals surface area contributed by atoms with Crippen molar-refractivity contribution in [2.75, 3.05) is 0 Å². The third-order valence-electron chi connectivity index (χ3n) is 5.29. The molecule has 0 spiro atoms. The fraction of sp³-hybridized carbons (Fsp3) is 0.900. The van der Waals surface area contributed by atoms with Crippen LogP contribution in [-0.2, 0) is 19.7 Å². The Balaban J connectivity index is 0. The van der Waals surface area contributed by atoms with Gasteiger partial charge in [-0.05, 0) is 24.7 Å². The van der Waals surface area contributed by atoms with E-state index < -0.39 is 39.1 Å². The lowest BCUT2D eigenvalue weighted by atomic mass is 9.82. The highest BCUT2D eigenvalue weighted by Crippen LogP contribution is 2.37. The fourth-order valence-corrected chi connectivity index (χ4v) is 4.80. The topological polar surface area (TPSA) is 164 Å². The first-order valence-electron chi connectivity index (χ1n) is 10.3.